The van der Waals surface area contributed by atoms with E-state index in [2.05, 4.69) is 261 Å². The van der Waals surface area contributed by atoms with Crippen LogP contribution in [0.4, 0.5) is 11.4 Å². The predicted molar refractivity (Wildman–Crippen MR) is 291 cm³/mol. The molecule has 0 radical (unpaired) electrons. The summed E-state index contributed by atoms with van der Waals surface area (Å²) in [5.41, 5.74) is 21.5. The minimum atomic E-state index is -0.738. The Labute approximate surface area is 415 Å². The van der Waals surface area contributed by atoms with Crippen molar-refractivity contribution >= 4 is 33.3 Å². The Morgan fingerprint density at radius 2 is 1.06 bits per heavy atom. The predicted octanol–water partition coefficient (Wildman–Crippen LogP) is 17.2. The van der Waals surface area contributed by atoms with E-state index in [1.165, 1.54) is 72.5 Å². The van der Waals surface area contributed by atoms with Crippen LogP contribution in [0, 0.1) is 18.1 Å². The maximum Gasteiger partial charge on any atom is 0.135 e. The molecule has 11 aromatic rings. The van der Waals surface area contributed by atoms with E-state index in [4.69, 9.17) is 4.42 Å². The molecule has 1 heterocycles. The lowest BCUT2D eigenvalue weighted by molar-refractivity contribution is 0.528. The summed E-state index contributed by atoms with van der Waals surface area (Å²) in [5, 5.41) is 2.25. The third-order valence-corrected chi connectivity index (χ3v) is 15.7. The highest BCUT2D eigenvalue weighted by atomic mass is 16.3. The van der Waals surface area contributed by atoms with E-state index in [1.807, 2.05) is 12.1 Å². The zero-order chi connectivity index (χ0) is 47.1. The van der Waals surface area contributed by atoms with Gasteiger partial charge in [-0.15, -0.1) is 0 Å². The van der Waals surface area contributed by atoms with E-state index in [0.717, 1.165) is 50.9 Å². The van der Waals surface area contributed by atoms with Gasteiger partial charge in [0.05, 0.1) is 10.8 Å². The highest BCUT2D eigenvalue weighted by Crippen LogP contribution is 2.67. The first kappa shape index (κ1) is 41.1. The fourth-order valence-electron chi connectivity index (χ4n) is 12.9. The van der Waals surface area contributed by atoms with Crippen molar-refractivity contribution in [2.45, 2.75) is 24.2 Å². The smallest absolute Gasteiger partial charge is 0.135 e. The molecule has 1 aromatic heterocycles. The number of hydrogen-bond acceptors (Lipinski definition) is 2. The number of hydrogen-bond donors (Lipinski definition) is 0. The number of nitrogens with zero attached hydrogens (tertiary/aromatic N) is 1. The molecular weight excluding hydrogens is 859 g/mol. The summed E-state index contributed by atoms with van der Waals surface area (Å²) in [7, 11) is 0. The van der Waals surface area contributed by atoms with E-state index in [9.17, 15) is 0 Å². The molecule has 0 saturated heterocycles. The Balaban J connectivity index is 1.05. The summed E-state index contributed by atoms with van der Waals surface area (Å²) >= 11 is 0. The normalized spacial score (nSPS) is 18.5. The third-order valence-electron chi connectivity index (χ3n) is 15.7. The largest absolute Gasteiger partial charge is 0.456 e. The molecule has 2 heteroatoms. The molecule has 0 bridgehead atoms. The molecule has 0 saturated carbocycles. The summed E-state index contributed by atoms with van der Waals surface area (Å²) in [5.74, 6) is 0.137. The molecule has 10 aromatic carbocycles. The molecule has 2 unspecified atom stereocenters. The lowest BCUT2D eigenvalue weighted by Crippen LogP contribution is -2.47. The van der Waals surface area contributed by atoms with Gasteiger partial charge in [0.15, 0.2) is 0 Å². The Morgan fingerprint density at radius 3 is 1.80 bits per heavy atom. The van der Waals surface area contributed by atoms with Crippen molar-refractivity contribution < 1.29 is 4.42 Å². The Hall–Kier alpha value is -8.90. The fourth-order valence-corrected chi connectivity index (χ4v) is 12.9. The van der Waals surface area contributed by atoms with Gasteiger partial charge in [-0.05, 0) is 157 Å². The average molecular weight is 906 g/mol. The van der Waals surface area contributed by atoms with Gasteiger partial charge in [0.2, 0.25) is 0 Å². The van der Waals surface area contributed by atoms with E-state index >= 15 is 0 Å². The van der Waals surface area contributed by atoms with Crippen molar-refractivity contribution in [1.29, 1.82) is 0 Å². The molecule has 334 valence electrons. The first-order valence-corrected chi connectivity index (χ1v) is 24.8. The average Bonchev–Trinajstić information content (AvgIpc) is 3.98. The van der Waals surface area contributed by atoms with Crippen LogP contribution in [0.2, 0.25) is 0 Å². The molecule has 2 nitrogen and oxygen atoms in total. The molecule has 0 amide bonds. The van der Waals surface area contributed by atoms with Gasteiger partial charge in [-0.1, -0.05) is 201 Å². The first-order chi connectivity index (χ1) is 35.1. The summed E-state index contributed by atoms with van der Waals surface area (Å²) in [4.78, 5) is 2.52. The quantitative estimate of drug-likeness (QED) is 0.151. The van der Waals surface area contributed by atoms with E-state index in [-0.39, 0.29) is 5.92 Å². The van der Waals surface area contributed by atoms with Crippen molar-refractivity contribution in [2.24, 2.45) is 5.92 Å². The number of allylic oxidation sites excluding steroid dienone is 3. The minimum Gasteiger partial charge on any atom is -0.456 e. The number of furan rings is 1. The fraction of sp³-hybridized carbons (Fsp3) is 0.0725. The monoisotopic (exact) mass is 905 g/mol. The van der Waals surface area contributed by atoms with Crippen molar-refractivity contribution in [1.82, 2.24) is 0 Å². The van der Waals surface area contributed by atoms with Crippen molar-refractivity contribution in [3.8, 4) is 33.4 Å². The van der Waals surface area contributed by atoms with Crippen LogP contribution in [0.5, 0.6) is 0 Å². The zero-order valence-corrected chi connectivity index (χ0v) is 39.3. The Morgan fingerprint density at radius 1 is 0.465 bits per heavy atom. The molecule has 0 fully saturated rings. The Kier molecular flexibility index (Phi) is 9.32. The van der Waals surface area contributed by atoms with Crippen molar-refractivity contribution in [3.05, 3.63) is 311 Å². The summed E-state index contributed by atoms with van der Waals surface area (Å²) in [6.07, 6.45) is 5.70. The van der Waals surface area contributed by atoms with Crippen LogP contribution in [-0.4, -0.2) is 0 Å². The summed E-state index contributed by atoms with van der Waals surface area (Å²) in [6, 6.07) is 94.0. The summed E-state index contributed by atoms with van der Waals surface area (Å²) < 4.78 is 6.24. The number of fused-ring (bicyclic) bond motifs is 8. The van der Waals surface area contributed by atoms with Gasteiger partial charge in [0.25, 0.3) is 0 Å². The second kappa shape index (κ2) is 16.1. The molecule has 71 heavy (non-hydrogen) atoms. The highest BCUT2D eigenvalue weighted by Gasteiger charge is 2.59. The molecule has 0 spiro atoms. The molecule has 0 N–H and O–H groups in total. The number of benzene rings is 9. The number of rotatable bonds is 8. The van der Waals surface area contributed by atoms with Crippen LogP contribution in [0.15, 0.2) is 264 Å². The van der Waals surface area contributed by atoms with E-state index in [0.29, 0.717) is 0 Å². The van der Waals surface area contributed by atoms with Gasteiger partial charge in [-0.25, -0.2) is 0 Å². The van der Waals surface area contributed by atoms with Gasteiger partial charge < -0.3 is 9.32 Å². The van der Waals surface area contributed by atoms with Crippen LogP contribution < -0.4 is 4.90 Å². The Bertz CT molecular complexity index is 3900. The second-order valence-corrected chi connectivity index (χ2v) is 19.3. The number of anilines is 2. The first-order valence-electron chi connectivity index (χ1n) is 24.8. The highest BCUT2D eigenvalue weighted by molar-refractivity contribution is 6.06. The molecule has 3 aliphatic carbocycles. The van der Waals surface area contributed by atoms with Gasteiger partial charge >= 0.3 is 0 Å². The van der Waals surface area contributed by atoms with Crippen LogP contribution in [-0.2, 0) is 10.8 Å². The topological polar surface area (TPSA) is 16.4 Å². The van der Waals surface area contributed by atoms with Gasteiger partial charge in [-0.2, -0.15) is 0 Å². The van der Waals surface area contributed by atoms with E-state index in [1.54, 1.807) is 0 Å². The van der Waals surface area contributed by atoms with E-state index < -0.39 is 10.8 Å². The minimum absolute atomic E-state index is 0.137. The maximum atomic E-state index is 6.24. The van der Waals surface area contributed by atoms with Gasteiger partial charge in [0, 0.05) is 27.8 Å². The third kappa shape index (κ3) is 5.97. The standard InChI is InChI=1S/C69H47NO/c1-46-19-17-33-63(70(53-40-35-48(36-41-53)47-20-5-2-6-21-47)54-42-37-49(38-43-54)50-39-44-65-58(45-50)56-27-12-16-34-64(56)71-65)66(46)69(52-24-9-4-10-25-52)61-31-15-14-30-60(61)68(51-22-7-3-8-23-51)59-29-13-11-26-55(59)57-28-18-32-62(69)67(57)68/h2-3,5-9,11-18,20-46H,19H2,1H3/t46?,68?,69-/m1/s1. The van der Waals surface area contributed by atoms with Crippen LogP contribution in [0.1, 0.15) is 52.3 Å². The SMILES string of the molecule is CC1CC=CC(N(c2ccc(-c3ccccc3)cc2)c2ccc(-c3ccc4oc5ccccc5c4c3)cc2)=C1[C@]1(c2cc#ccc2)c2ccccc2C2(c3ccccc3)c3ccccc3-c3cccc1c32. The molecule has 3 atom stereocenters. The lowest BCUT2D eigenvalue weighted by atomic mass is 9.50. The second-order valence-electron chi connectivity index (χ2n) is 19.3. The van der Waals surface area contributed by atoms with Crippen LogP contribution in [0.25, 0.3) is 55.3 Å². The van der Waals surface area contributed by atoms with Crippen molar-refractivity contribution in [2.75, 3.05) is 4.90 Å². The van der Waals surface area contributed by atoms with Crippen LogP contribution >= 0.6 is 0 Å². The molecule has 0 aliphatic heterocycles. The molecular formula is C69H47NO. The van der Waals surface area contributed by atoms with Crippen LogP contribution in [0.3, 0.4) is 0 Å². The maximum absolute atomic E-state index is 6.24. The summed E-state index contributed by atoms with van der Waals surface area (Å²) in [6.45, 7) is 2.44. The lowest BCUT2D eigenvalue weighted by Gasteiger charge is -2.52. The molecule has 14 rings (SSSR count). The zero-order valence-electron chi connectivity index (χ0n) is 39.3. The number of para-hydroxylation sites is 1. The van der Waals surface area contributed by atoms with Gasteiger partial charge in [0.1, 0.15) is 11.2 Å². The molecule has 3 aliphatic rings. The van der Waals surface area contributed by atoms with Gasteiger partial charge in [-0.3, -0.25) is 0 Å². The van der Waals surface area contributed by atoms with Crippen molar-refractivity contribution in [3.63, 3.8) is 0 Å².